The van der Waals surface area contributed by atoms with Crippen molar-refractivity contribution in [1.29, 1.82) is 0 Å². The number of benzene rings is 1. The van der Waals surface area contributed by atoms with Gasteiger partial charge in [-0.05, 0) is 12.1 Å². The predicted octanol–water partition coefficient (Wildman–Crippen LogP) is 1.71. The first kappa shape index (κ1) is 10.4. The van der Waals surface area contributed by atoms with Crippen LogP contribution in [-0.2, 0) is 10.7 Å². The van der Waals surface area contributed by atoms with Crippen LogP contribution >= 0.6 is 0 Å². The molecule has 14 heavy (non-hydrogen) atoms. The molecule has 0 aromatic heterocycles. The molecule has 1 aromatic carbocycles. The zero-order valence-electron chi connectivity index (χ0n) is 6.67. The third-order valence-electron chi connectivity index (χ3n) is 1.56. The molecule has 0 radical (unpaired) electrons. The highest BCUT2D eigenvalue weighted by Gasteiger charge is 2.43. The molecular weight excluding hydrogens is 201 g/mol. The number of aliphatic carboxylic acids is 1. The highest BCUT2D eigenvalue weighted by Crippen LogP contribution is 2.31. The number of alkyl halides is 2. The summed E-state index contributed by atoms with van der Waals surface area (Å²) in [6, 6.07) is 1.74. The van der Waals surface area contributed by atoms with Crippen molar-refractivity contribution >= 4 is 5.97 Å². The molecule has 1 aromatic rings. The zero-order valence-corrected chi connectivity index (χ0v) is 6.67. The van der Waals surface area contributed by atoms with E-state index >= 15 is 0 Å². The van der Waals surface area contributed by atoms with E-state index in [0.29, 0.717) is 12.1 Å². The molecule has 0 aliphatic carbocycles. The maximum Gasteiger partial charge on any atom is 0.379 e. The number of carbonyl (C=O) groups is 1. The molecule has 0 atom stereocenters. The first-order valence-electron chi connectivity index (χ1n) is 3.46. The standard InChI is InChI=1S/C8H5F3O3/c9-6-3-4(12)1-2-5(6)8(10,11)7(13)14/h1-3,12H,(H,13,14). The second kappa shape index (κ2) is 3.21. The van der Waals surface area contributed by atoms with E-state index in [-0.39, 0.29) is 0 Å². The normalized spacial score (nSPS) is 11.4. The van der Waals surface area contributed by atoms with E-state index in [1.54, 1.807) is 0 Å². The third kappa shape index (κ3) is 1.63. The molecule has 2 N–H and O–H groups in total. The molecule has 0 amide bonds. The number of carboxylic acid groups (broad SMARTS) is 1. The van der Waals surface area contributed by atoms with Crippen LogP contribution in [0.1, 0.15) is 5.56 Å². The monoisotopic (exact) mass is 206 g/mol. The van der Waals surface area contributed by atoms with Crippen molar-refractivity contribution in [3.63, 3.8) is 0 Å². The van der Waals surface area contributed by atoms with Gasteiger partial charge in [0.15, 0.2) is 0 Å². The third-order valence-corrected chi connectivity index (χ3v) is 1.56. The van der Waals surface area contributed by atoms with Crippen molar-refractivity contribution in [2.75, 3.05) is 0 Å². The lowest BCUT2D eigenvalue weighted by Crippen LogP contribution is -2.26. The van der Waals surface area contributed by atoms with Gasteiger partial charge in [-0.1, -0.05) is 0 Å². The fourth-order valence-corrected chi connectivity index (χ4v) is 0.874. The summed E-state index contributed by atoms with van der Waals surface area (Å²) in [6.07, 6.45) is 0. The molecule has 0 saturated carbocycles. The Hall–Kier alpha value is -1.72. The van der Waals surface area contributed by atoms with E-state index in [1.807, 2.05) is 0 Å². The molecule has 0 heterocycles. The van der Waals surface area contributed by atoms with Crippen LogP contribution in [0.2, 0.25) is 0 Å². The van der Waals surface area contributed by atoms with Gasteiger partial charge in [-0.2, -0.15) is 8.78 Å². The Morgan fingerprint density at radius 3 is 2.36 bits per heavy atom. The van der Waals surface area contributed by atoms with Gasteiger partial charge < -0.3 is 10.2 Å². The minimum absolute atomic E-state index is 0.423. The van der Waals surface area contributed by atoms with E-state index < -0.39 is 29.0 Å². The van der Waals surface area contributed by atoms with Crippen molar-refractivity contribution in [2.45, 2.75) is 5.92 Å². The van der Waals surface area contributed by atoms with Crippen molar-refractivity contribution in [2.24, 2.45) is 0 Å². The quantitative estimate of drug-likeness (QED) is 0.774. The van der Waals surface area contributed by atoms with Crippen LogP contribution in [0, 0.1) is 5.82 Å². The van der Waals surface area contributed by atoms with Crippen LogP contribution in [0.25, 0.3) is 0 Å². The lowest BCUT2D eigenvalue weighted by molar-refractivity contribution is -0.166. The van der Waals surface area contributed by atoms with Gasteiger partial charge in [-0.15, -0.1) is 0 Å². The fourth-order valence-electron chi connectivity index (χ4n) is 0.874. The molecule has 0 spiro atoms. The van der Waals surface area contributed by atoms with Crippen molar-refractivity contribution in [3.05, 3.63) is 29.6 Å². The number of hydrogen-bond acceptors (Lipinski definition) is 2. The Labute approximate surface area is 76.4 Å². The van der Waals surface area contributed by atoms with Gasteiger partial charge in [-0.3, -0.25) is 0 Å². The summed E-state index contributed by atoms with van der Waals surface area (Å²) >= 11 is 0. The molecular formula is C8H5F3O3. The average Bonchev–Trinajstić information content (AvgIpc) is 2.02. The van der Waals surface area contributed by atoms with E-state index in [9.17, 15) is 18.0 Å². The van der Waals surface area contributed by atoms with Gasteiger partial charge in [0.1, 0.15) is 11.6 Å². The highest BCUT2D eigenvalue weighted by atomic mass is 19.3. The Morgan fingerprint density at radius 2 is 1.93 bits per heavy atom. The molecule has 76 valence electrons. The molecule has 0 fully saturated rings. The molecule has 0 aliphatic heterocycles. The topological polar surface area (TPSA) is 57.5 Å². The number of carboxylic acids is 1. The van der Waals surface area contributed by atoms with Crippen LogP contribution in [-0.4, -0.2) is 16.2 Å². The summed E-state index contributed by atoms with van der Waals surface area (Å²) in [4.78, 5) is 10.1. The fraction of sp³-hybridized carbons (Fsp3) is 0.125. The molecule has 0 saturated heterocycles. The maximum absolute atomic E-state index is 12.8. The second-order valence-corrected chi connectivity index (χ2v) is 2.54. The van der Waals surface area contributed by atoms with Crippen molar-refractivity contribution in [1.82, 2.24) is 0 Å². The molecule has 3 nitrogen and oxygen atoms in total. The number of hydrogen-bond donors (Lipinski definition) is 2. The number of phenols is 1. The number of halogens is 3. The Kier molecular flexibility index (Phi) is 2.37. The summed E-state index contributed by atoms with van der Waals surface area (Å²) in [5.74, 6) is -8.75. The van der Waals surface area contributed by atoms with Crippen LogP contribution in [0.3, 0.4) is 0 Å². The summed E-state index contributed by atoms with van der Waals surface area (Å²) in [6.45, 7) is 0. The summed E-state index contributed by atoms with van der Waals surface area (Å²) in [5.41, 5.74) is -1.28. The van der Waals surface area contributed by atoms with Gasteiger partial charge in [0.2, 0.25) is 0 Å². The smallest absolute Gasteiger partial charge is 0.379 e. The lowest BCUT2D eigenvalue weighted by atomic mass is 10.1. The lowest BCUT2D eigenvalue weighted by Gasteiger charge is -2.11. The summed E-state index contributed by atoms with van der Waals surface area (Å²) in [5, 5.41) is 16.8. The zero-order chi connectivity index (χ0) is 10.9. The molecule has 0 bridgehead atoms. The highest BCUT2D eigenvalue weighted by molar-refractivity contribution is 5.77. The van der Waals surface area contributed by atoms with Crippen molar-refractivity contribution in [3.8, 4) is 5.75 Å². The largest absolute Gasteiger partial charge is 0.508 e. The predicted molar refractivity (Wildman–Crippen MR) is 39.6 cm³/mol. The minimum Gasteiger partial charge on any atom is -0.508 e. The molecule has 0 aliphatic rings. The van der Waals surface area contributed by atoms with Gasteiger partial charge in [-0.25, -0.2) is 9.18 Å². The van der Waals surface area contributed by atoms with E-state index in [2.05, 4.69) is 0 Å². The Morgan fingerprint density at radius 1 is 1.36 bits per heavy atom. The Balaban J connectivity index is 3.26. The maximum atomic E-state index is 12.8. The summed E-state index contributed by atoms with van der Waals surface area (Å²) < 4.78 is 38.3. The molecule has 1 rings (SSSR count). The number of aromatic hydroxyl groups is 1. The molecule has 6 heteroatoms. The van der Waals surface area contributed by atoms with Crippen LogP contribution in [0.5, 0.6) is 5.75 Å². The number of rotatable bonds is 2. The van der Waals surface area contributed by atoms with Crippen molar-refractivity contribution < 1.29 is 28.2 Å². The van der Waals surface area contributed by atoms with Gasteiger partial charge in [0.05, 0.1) is 5.56 Å². The van der Waals surface area contributed by atoms with Crippen LogP contribution in [0.15, 0.2) is 18.2 Å². The van der Waals surface area contributed by atoms with E-state index in [0.717, 1.165) is 6.07 Å². The first-order valence-corrected chi connectivity index (χ1v) is 3.46. The van der Waals surface area contributed by atoms with E-state index in [1.165, 1.54) is 0 Å². The average molecular weight is 206 g/mol. The van der Waals surface area contributed by atoms with Crippen LogP contribution in [0.4, 0.5) is 13.2 Å². The molecule has 0 unspecified atom stereocenters. The summed E-state index contributed by atoms with van der Waals surface area (Å²) in [7, 11) is 0. The Bertz CT molecular complexity index is 376. The second-order valence-electron chi connectivity index (χ2n) is 2.54. The van der Waals surface area contributed by atoms with Crippen LogP contribution < -0.4 is 0 Å². The first-order chi connectivity index (χ1) is 6.35. The van der Waals surface area contributed by atoms with Gasteiger partial charge >= 0.3 is 11.9 Å². The number of phenolic OH excluding ortho intramolecular Hbond substituents is 1. The van der Waals surface area contributed by atoms with Gasteiger partial charge in [0.25, 0.3) is 0 Å². The minimum atomic E-state index is -4.29. The van der Waals surface area contributed by atoms with E-state index in [4.69, 9.17) is 10.2 Å². The van der Waals surface area contributed by atoms with Gasteiger partial charge in [0, 0.05) is 6.07 Å². The SMILES string of the molecule is O=C(O)C(F)(F)c1ccc(O)cc1F.